The van der Waals surface area contributed by atoms with Crippen LogP contribution in [0.3, 0.4) is 0 Å². The minimum Gasteiger partial charge on any atom is -0.494 e. The largest absolute Gasteiger partial charge is 0.494 e. The fourth-order valence-corrected chi connectivity index (χ4v) is 3.07. The molecule has 2 nitrogen and oxygen atoms in total. The Labute approximate surface area is 169 Å². The first kappa shape index (κ1) is 20.9. The molecule has 0 amide bonds. The van der Waals surface area contributed by atoms with Gasteiger partial charge in [-0.1, -0.05) is 55.8 Å². The Morgan fingerprint density at radius 1 is 0.828 bits per heavy atom. The Balaban J connectivity index is 1.59. The molecule has 1 heterocycles. The molecule has 1 aromatic heterocycles. The number of pyridine rings is 1. The highest BCUT2D eigenvalue weighted by Crippen LogP contribution is 2.26. The second-order valence-corrected chi connectivity index (χ2v) is 6.97. The quantitative estimate of drug-likeness (QED) is 0.377. The van der Waals surface area contributed by atoms with Crippen LogP contribution in [0.1, 0.15) is 31.7 Å². The lowest BCUT2D eigenvalue weighted by molar-refractivity contribution is -0.136. The summed E-state index contributed by atoms with van der Waals surface area (Å²) in [6.07, 6.45) is -0.929. The summed E-state index contributed by atoms with van der Waals surface area (Å²) in [6.45, 7) is 2.21. The number of ether oxygens (including phenoxy) is 1. The zero-order valence-electron chi connectivity index (χ0n) is 16.4. The molecule has 3 aromatic rings. The van der Waals surface area contributed by atoms with Crippen LogP contribution in [0.5, 0.6) is 5.75 Å². The Morgan fingerprint density at radius 2 is 1.45 bits per heavy atom. The van der Waals surface area contributed by atoms with E-state index in [0.29, 0.717) is 5.75 Å². The highest BCUT2D eigenvalue weighted by Gasteiger charge is 2.26. The molecule has 0 saturated carbocycles. The molecule has 0 atom stereocenters. The zero-order valence-corrected chi connectivity index (χ0v) is 16.4. The molecule has 0 bridgehead atoms. The van der Waals surface area contributed by atoms with Crippen LogP contribution < -0.4 is 4.74 Å². The molecular formula is C24H24F3NO. The van der Waals surface area contributed by atoms with E-state index in [1.165, 1.54) is 5.56 Å². The molecule has 0 fully saturated rings. The molecule has 5 heteroatoms. The Hall–Kier alpha value is -2.82. The van der Waals surface area contributed by atoms with Crippen molar-refractivity contribution >= 4 is 0 Å². The number of hydrogen-bond donors (Lipinski definition) is 0. The van der Waals surface area contributed by atoms with Gasteiger partial charge >= 0.3 is 6.18 Å². The van der Waals surface area contributed by atoms with Crippen LogP contribution in [-0.2, 0) is 6.42 Å². The van der Waals surface area contributed by atoms with E-state index < -0.39 is 12.6 Å². The SMILES string of the molecule is CCCc1ccc(-c2ccc(-c3ccc(OCCCC(F)(F)F)cc3)cc2)nc1. The van der Waals surface area contributed by atoms with Gasteiger partial charge in [-0.3, -0.25) is 4.98 Å². The lowest BCUT2D eigenvalue weighted by Crippen LogP contribution is -2.09. The number of rotatable bonds is 8. The molecular weight excluding hydrogens is 375 g/mol. The van der Waals surface area contributed by atoms with Crippen molar-refractivity contribution in [1.82, 2.24) is 4.98 Å². The highest BCUT2D eigenvalue weighted by atomic mass is 19.4. The van der Waals surface area contributed by atoms with Crippen molar-refractivity contribution in [2.75, 3.05) is 6.61 Å². The van der Waals surface area contributed by atoms with Gasteiger partial charge in [0.25, 0.3) is 0 Å². The zero-order chi connectivity index (χ0) is 20.7. The van der Waals surface area contributed by atoms with Crippen LogP contribution >= 0.6 is 0 Å². The first-order valence-corrected chi connectivity index (χ1v) is 9.80. The standard InChI is InChI=1S/C24H24F3NO/c1-2-4-18-5-14-23(28-17-18)21-8-6-19(7-9-21)20-10-12-22(13-11-20)29-16-3-15-24(25,26)27/h5-14,17H,2-4,15-16H2,1H3. The minimum atomic E-state index is -4.13. The predicted octanol–water partition coefficient (Wildman–Crippen LogP) is 7.09. The third-order valence-corrected chi connectivity index (χ3v) is 4.61. The van der Waals surface area contributed by atoms with Crippen molar-refractivity contribution in [3.63, 3.8) is 0 Å². The van der Waals surface area contributed by atoms with Gasteiger partial charge in [-0.25, -0.2) is 0 Å². The second-order valence-electron chi connectivity index (χ2n) is 6.97. The van der Waals surface area contributed by atoms with Crippen molar-refractivity contribution < 1.29 is 17.9 Å². The maximum Gasteiger partial charge on any atom is 0.389 e. The van der Waals surface area contributed by atoms with E-state index >= 15 is 0 Å². The third kappa shape index (κ3) is 6.34. The fraction of sp³-hybridized carbons (Fsp3) is 0.292. The normalized spacial score (nSPS) is 11.4. The van der Waals surface area contributed by atoms with Crippen LogP contribution in [0.4, 0.5) is 13.2 Å². The number of aromatic nitrogens is 1. The molecule has 0 spiro atoms. The lowest BCUT2D eigenvalue weighted by atomic mass is 10.0. The summed E-state index contributed by atoms with van der Waals surface area (Å²) in [5, 5.41) is 0. The second kappa shape index (κ2) is 9.59. The highest BCUT2D eigenvalue weighted by molar-refractivity contribution is 5.69. The number of nitrogens with zero attached hydrogens (tertiary/aromatic N) is 1. The van der Waals surface area contributed by atoms with Crippen LogP contribution in [0.2, 0.25) is 0 Å². The number of halogens is 3. The number of benzene rings is 2. The molecule has 3 rings (SSSR count). The van der Waals surface area contributed by atoms with Crippen molar-refractivity contribution in [1.29, 1.82) is 0 Å². The molecule has 2 aromatic carbocycles. The molecule has 0 aliphatic rings. The van der Waals surface area contributed by atoms with Gasteiger partial charge in [0.15, 0.2) is 0 Å². The van der Waals surface area contributed by atoms with Gasteiger partial charge in [0.2, 0.25) is 0 Å². The van der Waals surface area contributed by atoms with Gasteiger partial charge in [-0.05, 0) is 47.7 Å². The number of aryl methyl sites for hydroxylation is 1. The summed E-state index contributed by atoms with van der Waals surface area (Å²) in [4.78, 5) is 4.55. The topological polar surface area (TPSA) is 22.1 Å². The van der Waals surface area contributed by atoms with Gasteiger partial charge in [0.1, 0.15) is 5.75 Å². The molecule has 0 N–H and O–H groups in total. The van der Waals surface area contributed by atoms with E-state index in [1.54, 1.807) is 12.1 Å². The predicted molar refractivity (Wildman–Crippen MR) is 110 cm³/mol. The summed E-state index contributed by atoms with van der Waals surface area (Å²) in [5.41, 5.74) is 5.32. The Bertz CT molecular complexity index is 885. The number of hydrogen-bond acceptors (Lipinski definition) is 2. The molecule has 29 heavy (non-hydrogen) atoms. The van der Waals surface area contributed by atoms with Crippen LogP contribution in [-0.4, -0.2) is 17.8 Å². The van der Waals surface area contributed by atoms with Crippen LogP contribution in [0, 0.1) is 0 Å². The average Bonchev–Trinajstić information content (AvgIpc) is 2.72. The van der Waals surface area contributed by atoms with E-state index in [2.05, 4.69) is 18.0 Å². The Morgan fingerprint density at radius 3 is 2.00 bits per heavy atom. The maximum absolute atomic E-state index is 12.1. The van der Waals surface area contributed by atoms with Gasteiger partial charge in [-0.2, -0.15) is 13.2 Å². The average molecular weight is 399 g/mol. The molecule has 0 saturated heterocycles. The van der Waals surface area contributed by atoms with Crippen molar-refractivity contribution in [2.24, 2.45) is 0 Å². The smallest absolute Gasteiger partial charge is 0.389 e. The number of alkyl halides is 3. The fourth-order valence-electron chi connectivity index (χ4n) is 3.07. The first-order valence-electron chi connectivity index (χ1n) is 9.80. The Kier molecular flexibility index (Phi) is 6.91. The van der Waals surface area contributed by atoms with Crippen molar-refractivity contribution in [3.8, 4) is 28.1 Å². The lowest BCUT2D eigenvalue weighted by Gasteiger charge is -2.09. The van der Waals surface area contributed by atoms with E-state index in [0.717, 1.165) is 35.2 Å². The van der Waals surface area contributed by atoms with Gasteiger partial charge in [0.05, 0.1) is 12.3 Å². The third-order valence-electron chi connectivity index (χ3n) is 4.61. The summed E-state index contributed by atoms with van der Waals surface area (Å²) in [7, 11) is 0. The molecule has 0 radical (unpaired) electrons. The molecule has 0 aliphatic carbocycles. The summed E-state index contributed by atoms with van der Waals surface area (Å²) in [5.74, 6) is 0.573. The van der Waals surface area contributed by atoms with E-state index in [-0.39, 0.29) is 13.0 Å². The maximum atomic E-state index is 12.1. The van der Waals surface area contributed by atoms with Gasteiger partial charge in [-0.15, -0.1) is 0 Å². The van der Waals surface area contributed by atoms with Crippen LogP contribution in [0.25, 0.3) is 22.4 Å². The monoisotopic (exact) mass is 399 g/mol. The van der Waals surface area contributed by atoms with E-state index in [4.69, 9.17) is 4.74 Å². The molecule has 0 unspecified atom stereocenters. The summed E-state index contributed by atoms with van der Waals surface area (Å²) < 4.78 is 41.8. The van der Waals surface area contributed by atoms with Crippen LogP contribution in [0.15, 0.2) is 66.9 Å². The van der Waals surface area contributed by atoms with Gasteiger partial charge in [0, 0.05) is 18.2 Å². The summed E-state index contributed by atoms with van der Waals surface area (Å²) >= 11 is 0. The van der Waals surface area contributed by atoms with Crippen molar-refractivity contribution in [2.45, 2.75) is 38.8 Å². The minimum absolute atomic E-state index is 0.0415. The summed E-state index contributed by atoms with van der Waals surface area (Å²) in [6, 6.07) is 19.7. The van der Waals surface area contributed by atoms with E-state index in [1.807, 2.05) is 48.7 Å². The molecule has 0 aliphatic heterocycles. The first-order chi connectivity index (χ1) is 13.9. The van der Waals surface area contributed by atoms with Gasteiger partial charge < -0.3 is 4.74 Å². The van der Waals surface area contributed by atoms with E-state index in [9.17, 15) is 13.2 Å². The van der Waals surface area contributed by atoms with Crippen molar-refractivity contribution in [3.05, 3.63) is 72.4 Å². The molecule has 152 valence electrons.